The molecule has 0 amide bonds. The van der Waals surface area contributed by atoms with Crippen LogP contribution in [0.5, 0.6) is 0 Å². The Kier molecular flexibility index (Phi) is 5.46. The molecule has 18 heavy (non-hydrogen) atoms. The van der Waals surface area contributed by atoms with E-state index in [1.54, 1.807) is 0 Å². The van der Waals surface area contributed by atoms with Crippen LogP contribution in [0.1, 0.15) is 39.5 Å². The molecule has 2 nitrogen and oxygen atoms in total. The first-order chi connectivity index (χ1) is 8.34. The zero-order chi connectivity index (χ0) is 13.8. The maximum absolute atomic E-state index is 12.7. The summed E-state index contributed by atoms with van der Waals surface area (Å²) in [4.78, 5) is 1.87. The Morgan fingerprint density at radius 2 is 1.78 bits per heavy atom. The highest BCUT2D eigenvalue weighted by molar-refractivity contribution is 4.92. The Morgan fingerprint density at radius 3 is 2.17 bits per heavy atom. The third-order valence-electron chi connectivity index (χ3n) is 3.41. The summed E-state index contributed by atoms with van der Waals surface area (Å²) in [5.74, 6) is -1.55. The molecule has 5 heteroatoms. The first-order valence-electron chi connectivity index (χ1n) is 6.55. The lowest BCUT2D eigenvalue weighted by molar-refractivity contribution is -0.164. The highest BCUT2D eigenvalue weighted by Gasteiger charge is 2.42. The quantitative estimate of drug-likeness (QED) is 0.757. The van der Waals surface area contributed by atoms with E-state index in [1.165, 1.54) is 6.07 Å². The number of hydrogen-bond acceptors (Lipinski definition) is 2. The predicted molar refractivity (Wildman–Crippen MR) is 63.8 cm³/mol. The Hall–Kier alpha value is -0.760. The largest absolute Gasteiger partial charge is 0.405 e. The Balaban J connectivity index is 2.68. The summed E-state index contributed by atoms with van der Waals surface area (Å²) >= 11 is 0. The molecule has 0 radical (unpaired) electrons. The van der Waals surface area contributed by atoms with Crippen molar-refractivity contribution in [2.24, 2.45) is 11.8 Å². The molecule has 0 aliphatic heterocycles. The van der Waals surface area contributed by atoms with E-state index in [9.17, 15) is 13.2 Å². The molecule has 1 fully saturated rings. The van der Waals surface area contributed by atoms with Gasteiger partial charge in [0.25, 0.3) is 0 Å². The van der Waals surface area contributed by atoms with E-state index in [1.807, 2.05) is 18.7 Å². The Bertz CT molecular complexity index is 288. The van der Waals surface area contributed by atoms with Gasteiger partial charge in [0.15, 0.2) is 5.92 Å². The van der Waals surface area contributed by atoms with E-state index in [4.69, 9.17) is 5.26 Å². The van der Waals surface area contributed by atoms with Crippen LogP contribution in [0.15, 0.2) is 0 Å². The summed E-state index contributed by atoms with van der Waals surface area (Å²) < 4.78 is 38.0. The van der Waals surface area contributed by atoms with Gasteiger partial charge in [-0.15, -0.1) is 0 Å². The minimum absolute atomic E-state index is 0.178. The molecule has 1 rings (SSSR count). The average molecular weight is 262 g/mol. The van der Waals surface area contributed by atoms with Crippen LogP contribution in [0.25, 0.3) is 0 Å². The fraction of sp³-hybridized carbons (Fsp3) is 0.923. The zero-order valence-electron chi connectivity index (χ0n) is 11.0. The van der Waals surface area contributed by atoms with Crippen LogP contribution in [0, 0.1) is 23.2 Å². The van der Waals surface area contributed by atoms with Gasteiger partial charge in [-0.2, -0.15) is 18.4 Å². The van der Waals surface area contributed by atoms with Gasteiger partial charge in [0.05, 0.1) is 6.07 Å². The molecular formula is C13H21F3N2. The van der Waals surface area contributed by atoms with Crippen molar-refractivity contribution in [3.05, 3.63) is 0 Å². The predicted octanol–water partition coefficient (Wildman–Crippen LogP) is 3.59. The number of rotatable bonds is 5. The summed E-state index contributed by atoms with van der Waals surface area (Å²) in [5, 5.41) is 8.69. The third-order valence-corrected chi connectivity index (χ3v) is 3.41. The van der Waals surface area contributed by atoms with Gasteiger partial charge in [-0.3, -0.25) is 4.90 Å². The van der Waals surface area contributed by atoms with Gasteiger partial charge >= 0.3 is 6.18 Å². The van der Waals surface area contributed by atoms with Gasteiger partial charge in [0, 0.05) is 19.1 Å². The molecule has 104 valence electrons. The SMILES string of the molecule is CC(C)CN(CC(C#N)C(F)(F)F)C1CCCC1. The first kappa shape index (κ1) is 15.3. The number of hydrogen-bond donors (Lipinski definition) is 0. The standard InChI is InChI=1S/C13H21F3N2/c1-10(2)8-18(12-5-3-4-6-12)9-11(7-17)13(14,15)16/h10-12H,3-6,8-9H2,1-2H3. The summed E-state index contributed by atoms with van der Waals surface area (Å²) in [6.07, 6.45) is -0.320. The maximum atomic E-state index is 12.7. The second-order valence-electron chi connectivity index (χ2n) is 5.51. The number of nitrogens with zero attached hydrogens (tertiary/aromatic N) is 2. The molecule has 0 aromatic carbocycles. The third kappa shape index (κ3) is 4.49. The smallest absolute Gasteiger partial charge is 0.298 e. The van der Waals surface area contributed by atoms with E-state index in [2.05, 4.69) is 0 Å². The van der Waals surface area contributed by atoms with Gasteiger partial charge < -0.3 is 0 Å². The van der Waals surface area contributed by atoms with Crippen molar-refractivity contribution < 1.29 is 13.2 Å². The van der Waals surface area contributed by atoms with Crippen LogP contribution in [0.2, 0.25) is 0 Å². The average Bonchev–Trinajstić information content (AvgIpc) is 2.74. The molecule has 1 atom stereocenters. The van der Waals surface area contributed by atoms with E-state index in [0.717, 1.165) is 25.7 Å². The lowest BCUT2D eigenvalue weighted by Gasteiger charge is -2.32. The number of halogens is 3. The van der Waals surface area contributed by atoms with Crippen molar-refractivity contribution >= 4 is 0 Å². The fourth-order valence-electron chi connectivity index (χ4n) is 2.56. The fourth-order valence-corrected chi connectivity index (χ4v) is 2.56. The van der Waals surface area contributed by atoms with Gasteiger partial charge in [0.2, 0.25) is 0 Å². The number of nitriles is 1. The van der Waals surface area contributed by atoms with Gasteiger partial charge in [-0.25, -0.2) is 0 Å². The van der Waals surface area contributed by atoms with Crippen molar-refractivity contribution in [1.82, 2.24) is 4.90 Å². The Labute approximate surface area is 107 Å². The van der Waals surface area contributed by atoms with Crippen LogP contribution in [-0.4, -0.2) is 30.2 Å². The maximum Gasteiger partial charge on any atom is 0.405 e. The van der Waals surface area contributed by atoms with Gasteiger partial charge in [0.1, 0.15) is 0 Å². The Morgan fingerprint density at radius 1 is 1.22 bits per heavy atom. The van der Waals surface area contributed by atoms with Gasteiger partial charge in [-0.05, 0) is 18.8 Å². The van der Waals surface area contributed by atoms with Crippen LogP contribution >= 0.6 is 0 Å². The van der Waals surface area contributed by atoms with Crippen molar-refractivity contribution in [1.29, 1.82) is 5.26 Å². The van der Waals surface area contributed by atoms with E-state index in [-0.39, 0.29) is 12.6 Å². The molecule has 0 aromatic rings. The number of alkyl halides is 3. The van der Waals surface area contributed by atoms with Crippen molar-refractivity contribution in [2.75, 3.05) is 13.1 Å². The molecule has 0 N–H and O–H groups in total. The van der Waals surface area contributed by atoms with E-state index in [0.29, 0.717) is 12.5 Å². The van der Waals surface area contributed by atoms with E-state index < -0.39 is 12.1 Å². The molecule has 0 heterocycles. The van der Waals surface area contributed by atoms with Gasteiger partial charge in [-0.1, -0.05) is 26.7 Å². The first-order valence-corrected chi connectivity index (χ1v) is 6.55. The highest BCUT2D eigenvalue weighted by atomic mass is 19.4. The molecule has 0 saturated heterocycles. The zero-order valence-corrected chi connectivity index (χ0v) is 11.0. The van der Waals surface area contributed by atoms with Crippen LogP contribution in [-0.2, 0) is 0 Å². The van der Waals surface area contributed by atoms with Crippen molar-refractivity contribution in [3.63, 3.8) is 0 Å². The molecular weight excluding hydrogens is 241 g/mol. The second kappa shape index (κ2) is 6.42. The highest BCUT2D eigenvalue weighted by Crippen LogP contribution is 2.30. The molecule has 0 bridgehead atoms. The van der Waals surface area contributed by atoms with Crippen LogP contribution in [0.3, 0.4) is 0 Å². The molecule has 1 aliphatic rings. The lowest BCUT2D eigenvalue weighted by atomic mass is 10.1. The minimum atomic E-state index is -4.41. The summed E-state index contributed by atoms with van der Waals surface area (Å²) in [6.45, 7) is 4.45. The normalized spacial score (nSPS) is 19.4. The minimum Gasteiger partial charge on any atom is -0.298 e. The summed E-state index contributed by atoms with van der Waals surface area (Å²) in [7, 11) is 0. The summed E-state index contributed by atoms with van der Waals surface area (Å²) in [5.41, 5.74) is 0. The monoisotopic (exact) mass is 262 g/mol. The van der Waals surface area contributed by atoms with Crippen molar-refractivity contribution in [2.45, 2.75) is 51.7 Å². The molecule has 0 spiro atoms. The summed E-state index contributed by atoms with van der Waals surface area (Å²) in [6, 6.07) is 1.63. The second-order valence-corrected chi connectivity index (χ2v) is 5.51. The molecule has 1 unspecified atom stereocenters. The van der Waals surface area contributed by atoms with Crippen molar-refractivity contribution in [3.8, 4) is 6.07 Å². The molecule has 0 aromatic heterocycles. The topological polar surface area (TPSA) is 27.0 Å². The molecule has 1 aliphatic carbocycles. The lowest BCUT2D eigenvalue weighted by Crippen LogP contribution is -2.42. The van der Waals surface area contributed by atoms with Crippen LogP contribution in [0.4, 0.5) is 13.2 Å². The van der Waals surface area contributed by atoms with Crippen LogP contribution < -0.4 is 0 Å². The van der Waals surface area contributed by atoms with E-state index >= 15 is 0 Å². The molecule has 1 saturated carbocycles.